The van der Waals surface area contributed by atoms with Crippen LogP contribution in [0.2, 0.25) is 0 Å². The van der Waals surface area contributed by atoms with Crippen molar-refractivity contribution in [2.75, 3.05) is 33.9 Å². The molecule has 0 unspecified atom stereocenters. The zero-order valence-corrected chi connectivity index (χ0v) is 17.5. The van der Waals surface area contributed by atoms with Gasteiger partial charge in [-0.1, -0.05) is 6.07 Å². The highest BCUT2D eigenvalue weighted by atomic mass is 16.6. The summed E-state index contributed by atoms with van der Waals surface area (Å²) in [5.74, 6) is 1.35. The van der Waals surface area contributed by atoms with Gasteiger partial charge in [-0.05, 0) is 57.7 Å². The van der Waals surface area contributed by atoms with Crippen LogP contribution in [-0.4, -0.2) is 56.4 Å². The number of carbonyl (C=O) groups is 2. The van der Waals surface area contributed by atoms with E-state index in [1.54, 1.807) is 19.1 Å². The van der Waals surface area contributed by atoms with Gasteiger partial charge in [-0.2, -0.15) is 0 Å². The van der Waals surface area contributed by atoms with Crippen molar-refractivity contribution < 1.29 is 23.8 Å². The number of benzene rings is 1. The SMILES string of the molecule is COc1ccc(CCNC(=O)C2CCN(C(=O)OC(C)(C)C)CC2)cc1OC. The van der Waals surface area contributed by atoms with Crippen molar-refractivity contribution in [2.24, 2.45) is 5.92 Å². The normalized spacial score (nSPS) is 15.1. The zero-order valence-electron chi connectivity index (χ0n) is 17.5. The molecule has 0 spiro atoms. The van der Waals surface area contributed by atoms with E-state index in [2.05, 4.69) is 5.32 Å². The van der Waals surface area contributed by atoms with Crippen molar-refractivity contribution in [3.05, 3.63) is 23.8 Å². The minimum atomic E-state index is -0.505. The second kappa shape index (κ2) is 9.66. The van der Waals surface area contributed by atoms with Gasteiger partial charge in [-0.3, -0.25) is 4.79 Å². The second-order valence-electron chi connectivity index (χ2n) is 7.97. The van der Waals surface area contributed by atoms with E-state index in [1.807, 2.05) is 39.0 Å². The van der Waals surface area contributed by atoms with E-state index >= 15 is 0 Å². The van der Waals surface area contributed by atoms with Crippen molar-refractivity contribution in [1.82, 2.24) is 10.2 Å². The van der Waals surface area contributed by atoms with E-state index in [0.717, 1.165) is 5.56 Å². The molecular formula is C21H32N2O5. The lowest BCUT2D eigenvalue weighted by Crippen LogP contribution is -2.45. The lowest BCUT2D eigenvalue weighted by atomic mass is 9.96. The summed E-state index contributed by atoms with van der Waals surface area (Å²) in [5, 5.41) is 3.00. The Hall–Kier alpha value is -2.44. The highest BCUT2D eigenvalue weighted by Crippen LogP contribution is 2.27. The van der Waals surface area contributed by atoms with Crippen LogP contribution in [0.5, 0.6) is 11.5 Å². The molecule has 1 heterocycles. The van der Waals surface area contributed by atoms with E-state index in [0.29, 0.717) is 50.4 Å². The first-order chi connectivity index (χ1) is 13.2. The van der Waals surface area contributed by atoms with Gasteiger partial charge in [0.1, 0.15) is 5.60 Å². The number of likely N-dealkylation sites (tertiary alicyclic amines) is 1. The Morgan fingerprint density at radius 1 is 1.11 bits per heavy atom. The highest BCUT2D eigenvalue weighted by Gasteiger charge is 2.29. The molecule has 1 fully saturated rings. The summed E-state index contributed by atoms with van der Waals surface area (Å²) in [6, 6.07) is 5.75. The topological polar surface area (TPSA) is 77.1 Å². The largest absolute Gasteiger partial charge is 0.493 e. The molecule has 7 heteroatoms. The van der Waals surface area contributed by atoms with Gasteiger partial charge in [0.25, 0.3) is 0 Å². The third kappa shape index (κ3) is 6.32. The van der Waals surface area contributed by atoms with Crippen LogP contribution in [0.3, 0.4) is 0 Å². The Morgan fingerprint density at radius 3 is 2.32 bits per heavy atom. The number of hydrogen-bond acceptors (Lipinski definition) is 5. The number of carbonyl (C=O) groups excluding carboxylic acids is 2. The third-order valence-corrected chi connectivity index (χ3v) is 4.68. The second-order valence-corrected chi connectivity index (χ2v) is 7.97. The predicted octanol–water partition coefficient (Wildman–Crippen LogP) is 3.01. The summed E-state index contributed by atoms with van der Waals surface area (Å²) < 4.78 is 15.9. The summed E-state index contributed by atoms with van der Waals surface area (Å²) in [6.07, 6.45) is 1.71. The van der Waals surface area contributed by atoms with Crippen molar-refractivity contribution in [2.45, 2.75) is 45.6 Å². The molecular weight excluding hydrogens is 360 g/mol. The van der Waals surface area contributed by atoms with Gasteiger partial charge in [0, 0.05) is 25.6 Å². The van der Waals surface area contributed by atoms with Gasteiger partial charge in [0.05, 0.1) is 14.2 Å². The molecule has 28 heavy (non-hydrogen) atoms. The average molecular weight is 392 g/mol. The summed E-state index contributed by atoms with van der Waals surface area (Å²) in [4.78, 5) is 26.2. The lowest BCUT2D eigenvalue weighted by molar-refractivity contribution is -0.126. The summed E-state index contributed by atoms with van der Waals surface area (Å²) >= 11 is 0. The number of hydrogen-bond donors (Lipinski definition) is 1. The van der Waals surface area contributed by atoms with Gasteiger partial charge in [-0.15, -0.1) is 0 Å². The van der Waals surface area contributed by atoms with E-state index in [9.17, 15) is 9.59 Å². The molecule has 0 bridgehead atoms. The Kier molecular flexibility index (Phi) is 7.54. The number of ether oxygens (including phenoxy) is 3. The molecule has 1 saturated heterocycles. The van der Waals surface area contributed by atoms with Crippen LogP contribution in [0, 0.1) is 5.92 Å². The van der Waals surface area contributed by atoms with Gasteiger partial charge >= 0.3 is 6.09 Å². The van der Waals surface area contributed by atoms with Gasteiger partial charge in [-0.25, -0.2) is 4.79 Å². The molecule has 1 N–H and O–H groups in total. The minimum absolute atomic E-state index is 0.0457. The zero-order chi connectivity index (χ0) is 20.7. The molecule has 0 saturated carbocycles. The van der Waals surface area contributed by atoms with E-state index in [-0.39, 0.29) is 17.9 Å². The maximum absolute atomic E-state index is 12.4. The molecule has 2 rings (SSSR count). The van der Waals surface area contributed by atoms with Crippen molar-refractivity contribution in [3.63, 3.8) is 0 Å². The number of nitrogens with one attached hydrogen (secondary N) is 1. The minimum Gasteiger partial charge on any atom is -0.493 e. The Labute approximate surface area is 167 Å². The smallest absolute Gasteiger partial charge is 0.410 e. The molecule has 156 valence electrons. The number of rotatable bonds is 6. The fourth-order valence-corrected chi connectivity index (χ4v) is 3.16. The van der Waals surface area contributed by atoms with Gasteiger partial charge in [0.15, 0.2) is 11.5 Å². The first kappa shape index (κ1) is 21.9. The van der Waals surface area contributed by atoms with Crippen molar-refractivity contribution in [3.8, 4) is 11.5 Å². The monoisotopic (exact) mass is 392 g/mol. The van der Waals surface area contributed by atoms with Crippen molar-refractivity contribution >= 4 is 12.0 Å². The van der Waals surface area contributed by atoms with Crippen LogP contribution in [0.4, 0.5) is 4.79 Å². The van der Waals surface area contributed by atoms with E-state index < -0.39 is 5.60 Å². The first-order valence-corrected chi connectivity index (χ1v) is 9.70. The molecule has 0 aromatic heterocycles. The molecule has 2 amide bonds. The predicted molar refractivity (Wildman–Crippen MR) is 107 cm³/mol. The molecule has 1 aliphatic heterocycles. The van der Waals surface area contributed by atoms with Crippen LogP contribution in [-0.2, 0) is 16.0 Å². The number of piperidine rings is 1. The molecule has 1 aromatic rings. The number of methoxy groups -OCH3 is 2. The first-order valence-electron chi connectivity index (χ1n) is 9.70. The summed E-state index contributed by atoms with van der Waals surface area (Å²) in [7, 11) is 3.21. The lowest BCUT2D eigenvalue weighted by Gasteiger charge is -2.32. The Morgan fingerprint density at radius 2 is 1.75 bits per heavy atom. The maximum Gasteiger partial charge on any atom is 0.410 e. The summed E-state index contributed by atoms with van der Waals surface area (Å²) in [6.45, 7) is 7.20. The molecule has 0 radical (unpaired) electrons. The average Bonchev–Trinajstić information content (AvgIpc) is 2.66. The number of nitrogens with zero attached hydrogens (tertiary/aromatic N) is 1. The standard InChI is InChI=1S/C21H32N2O5/c1-21(2,3)28-20(25)23-12-9-16(10-13-23)19(24)22-11-8-15-6-7-17(26-4)18(14-15)27-5/h6-7,14,16H,8-13H2,1-5H3,(H,22,24). The molecule has 0 aliphatic carbocycles. The van der Waals surface area contributed by atoms with E-state index in [1.165, 1.54) is 0 Å². The highest BCUT2D eigenvalue weighted by molar-refractivity contribution is 5.79. The van der Waals surface area contributed by atoms with Crippen LogP contribution in [0.15, 0.2) is 18.2 Å². The van der Waals surface area contributed by atoms with Crippen LogP contribution >= 0.6 is 0 Å². The summed E-state index contributed by atoms with van der Waals surface area (Å²) in [5.41, 5.74) is 0.563. The maximum atomic E-state index is 12.4. The van der Waals surface area contributed by atoms with E-state index in [4.69, 9.17) is 14.2 Å². The quantitative estimate of drug-likeness (QED) is 0.805. The molecule has 7 nitrogen and oxygen atoms in total. The van der Waals surface area contributed by atoms with Crippen LogP contribution < -0.4 is 14.8 Å². The van der Waals surface area contributed by atoms with Gasteiger partial charge < -0.3 is 24.4 Å². The fraction of sp³-hybridized carbons (Fsp3) is 0.619. The number of amides is 2. The molecule has 1 aliphatic rings. The van der Waals surface area contributed by atoms with Crippen LogP contribution in [0.1, 0.15) is 39.2 Å². The van der Waals surface area contributed by atoms with Gasteiger partial charge in [0.2, 0.25) is 5.91 Å². The fourth-order valence-electron chi connectivity index (χ4n) is 3.16. The Balaban J connectivity index is 1.75. The molecule has 1 aromatic carbocycles. The van der Waals surface area contributed by atoms with Crippen LogP contribution in [0.25, 0.3) is 0 Å². The van der Waals surface area contributed by atoms with Crippen molar-refractivity contribution in [1.29, 1.82) is 0 Å². The third-order valence-electron chi connectivity index (χ3n) is 4.68. The Bertz CT molecular complexity index is 676. The molecule has 0 atom stereocenters.